The molecule has 0 bridgehead atoms. The SMILES string of the molecule is CC1=CC=C(c2ccc(-c3ccc(C)n3C)c3c2=NCN=3)C1. The molecule has 2 aromatic rings. The summed E-state index contributed by atoms with van der Waals surface area (Å²) >= 11 is 0. The van der Waals surface area contributed by atoms with Gasteiger partial charge < -0.3 is 4.57 Å². The van der Waals surface area contributed by atoms with Gasteiger partial charge in [0, 0.05) is 23.9 Å². The van der Waals surface area contributed by atoms with Crippen LogP contribution < -0.4 is 10.7 Å². The zero-order valence-electron chi connectivity index (χ0n) is 13.2. The zero-order chi connectivity index (χ0) is 15.3. The van der Waals surface area contributed by atoms with E-state index in [4.69, 9.17) is 0 Å². The van der Waals surface area contributed by atoms with Gasteiger partial charge in [-0.05, 0) is 44.0 Å². The van der Waals surface area contributed by atoms with Gasteiger partial charge in [0.25, 0.3) is 0 Å². The van der Waals surface area contributed by atoms with Gasteiger partial charge in [0.2, 0.25) is 0 Å². The third kappa shape index (κ3) is 1.89. The lowest BCUT2D eigenvalue weighted by Gasteiger charge is -2.08. The Balaban J connectivity index is 1.91. The monoisotopic (exact) mass is 289 g/mol. The van der Waals surface area contributed by atoms with Crippen LogP contribution in [0.5, 0.6) is 0 Å². The Morgan fingerprint density at radius 1 is 0.909 bits per heavy atom. The zero-order valence-corrected chi connectivity index (χ0v) is 13.2. The van der Waals surface area contributed by atoms with Gasteiger partial charge in [0.15, 0.2) is 0 Å². The molecule has 110 valence electrons. The standard InChI is InChI=1S/C19H19N3/c1-12-4-6-14(10-12)15-7-8-16(19-18(15)20-11-21-19)17-9-5-13(2)22(17)3/h4-9H,10-11H2,1-3H3. The molecule has 0 radical (unpaired) electrons. The predicted octanol–water partition coefficient (Wildman–Crippen LogP) is 2.94. The molecule has 0 unspecified atom stereocenters. The number of nitrogens with zero attached hydrogens (tertiary/aromatic N) is 3. The van der Waals surface area contributed by atoms with Gasteiger partial charge >= 0.3 is 0 Å². The highest BCUT2D eigenvalue weighted by molar-refractivity contribution is 5.74. The Labute approximate surface area is 130 Å². The lowest BCUT2D eigenvalue weighted by Crippen LogP contribution is -2.28. The van der Waals surface area contributed by atoms with Crippen LogP contribution in [0.1, 0.15) is 24.6 Å². The second kappa shape index (κ2) is 4.80. The molecule has 0 spiro atoms. The lowest BCUT2D eigenvalue weighted by atomic mass is 9.99. The van der Waals surface area contributed by atoms with E-state index in [1.54, 1.807) is 0 Å². The smallest absolute Gasteiger partial charge is 0.130 e. The molecule has 2 aliphatic rings. The minimum absolute atomic E-state index is 0.544. The number of fused-ring (bicyclic) bond motifs is 1. The van der Waals surface area contributed by atoms with Crippen LogP contribution in [-0.4, -0.2) is 11.2 Å². The van der Waals surface area contributed by atoms with Crippen molar-refractivity contribution in [1.29, 1.82) is 0 Å². The van der Waals surface area contributed by atoms with E-state index in [9.17, 15) is 0 Å². The maximum absolute atomic E-state index is 4.65. The molecule has 1 aromatic heterocycles. The molecular weight excluding hydrogens is 270 g/mol. The highest BCUT2D eigenvalue weighted by Gasteiger charge is 2.16. The van der Waals surface area contributed by atoms with E-state index in [0.717, 1.165) is 17.1 Å². The van der Waals surface area contributed by atoms with Crippen LogP contribution in [0.2, 0.25) is 0 Å². The number of rotatable bonds is 2. The van der Waals surface area contributed by atoms with Crippen molar-refractivity contribution in [2.75, 3.05) is 6.67 Å². The van der Waals surface area contributed by atoms with Crippen molar-refractivity contribution in [3.63, 3.8) is 0 Å². The van der Waals surface area contributed by atoms with E-state index < -0.39 is 0 Å². The summed E-state index contributed by atoms with van der Waals surface area (Å²) in [7, 11) is 2.10. The predicted molar refractivity (Wildman–Crippen MR) is 89.1 cm³/mol. The summed E-state index contributed by atoms with van der Waals surface area (Å²) in [5.74, 6) is 0. The van der Waals surface area contributed by atoms with Crippen LogP contribution in [0.25, 0.3) is 16.8 Å². The van der Waals surface area contributed by atoms with Crippen LogP contribution in [0, 0.1) is 6.92 Å². The van der Waals surface area contributed by atoms with E-state index >= 15 is 0 Å². The van der Waals surface area contributed by atoms with Crippen molar-refractivity contribution < 1.29 is 0 Å². The third-order valence-electron chi connectivity index (χ3n) is 4.64. The number of allylic oxidation sites excluding steroid dienone is 4. The van der Waals surface area contributed by atoms with Crippen molar-refractivity contribution in [3.8, 4) is 11.3 Å². The lowest BCUT2D eigenvalue weighted by molar-refractivity contribution is 0.889. The summed E-state index contributed by atoms with van der Waals surface area (Å²) in [4.78, 5) is 9.30. The van der Waals surface area contributed by atoms with E-state index in [2.05, 4.69) is 71.9 Å². The molecule has 1 aliphatic carbocycles. The summed E-state index contributed by atoms with van der Waals surface area (Å²) in [6.45, 7) is 4.84. The molecule has 3 heteroatoms. The maximum atomic E-state index is 4.65. The van der Waals surface area contributed by atoms with Crippen LogP contribution in [0.3, 0.4) is 0 Å². The summed E-state index contributed by atoms with van der Waals surface area (Å²) in [5, 5.41) is 2.11. The molecule has 2 heterocycles. The first-order chi connectivity index (χ1) is 10.6. The molecule has 0 fully saturated rings. The van der Waals surface area contributed by atoms with Crippen LogP contribution >= 0.6 is 0 Å². The fourth-order valence-corrected chi connectivity index (χ4v) is 3.27. The van der Waals surface area contributed by atoms with Crippen LogP contribution in [0.4, 0.5) is 0 Å². The summed E-state index contributed by atoms with van der Waals surface area (Å²) in [5.41, 5.74) is 7.62. The van der Waals surface area contributed by atoms with Crippen molar-refractivity contribution in [2.24, 2.45) is 17.0 Å². The molecule has 0 N–H and O–H groups in total. The average Bonchev–Trinajstić information content (AvgIpc) is 3.21. The van der Waals surface area contributed by atoms with Crippen LogP contribution in [0.15, 0.2) is 52.0 Å². The molecule has 1 aliphatic heterocycles. The summed E-state index contributed by atoms with van der Waals surface area (Å²) in [6, 6.07) is 8.72. The largest absolute Gasteiger partial charge is 0.348 e. The number of aromatic nitrogens is 1. The normalized spacial score (nSPS) is 16.0. The van der Waals surface area contributed by atoms with Crippen molar-refractivity contribution in [2.45, 2.75) is 20.3 Å². The van der Waals surface area contributed by atoms with Gasteiger partial charge in [-0.15, -0.1) is 0 Å². The van der Waals surface area contributed by atoms with Crippen molar-refractivity contribution >= 4 is 5.57 Å². The van der Waals surface area contributed by atoms with E-state index in [1.165, 1.54) is 33.7 Å². The summed E-state index contributed by atoms with van der Waals surface area (Å²) in [6.07, 6.45) is 5.43. The quantitative estimate of drug-likeness (QED) is 0.813. The average molecular weight is 289 g/mol. The Morgan fingerprint density at radius 3 is 2.27 bits per heavy atom. The van der Waals surface area contributed by atoms with Crippen LogP contribution in [-0.2, 0) is 7.05 Å². The first-order valence-corrected chi connectivity index (χ1v) is 7.66. The van der Waals surface area contributed by atoms with Gasteiger partial charge in [0.1, 0.15) is 6.67 Å². The topological polar surface area (TPSA) is 29.6 Å². The molecule has 3 nitrogen and oxygen atoms in total. The maximum Gasteiger partial charge on any atom is 0.130 e. The van der Waals surface area contributed by atoms with E-state index in [1.807, 2.05) is 0 Å². The molecule has 0 saturated heterocycles. The van der Waals surface area contributed by atoms with Gasteiger partial charge in [0.05, 0.1) is 16.4 Å². The highest BCUT2D eigenvalue weighted by atomic mass is 15.0. The first kappa shape index (κ1) is 13.3. The molecule has 4 rings (SSSR count). The molecule has 0 atom stereocenters. The number of benzene rings is 1. The van der Waals surface area contributed by atoms with E-state index in [-0.39, 0.29) is 0 Å². The Bertz CT molecular complexity index is 955. The van der Waals surface area contributed by atoms with Gasteiger partial charge in [-0.25, -0.2) is 0 Å². The Kier molecular flexibility index (Phi) is 2.89. The van der Waals surface area contributed by atoms with E-state index in [0.29, 0.717) is 6.67 Å². The number of hydrogen-bond acceptors (Lipinski definition) is 2. The second-order valence-corrected chi connectivity index (χ2v) is 6.12. The summed E-state index contributed by atoms with van der Waals surface area (Å²) < 4.78 is 2.21. The van der Waals surface area contributed by atoms with Crippen molar-refractivity contribution in [1.82, 2.24) is 4.57 Å². The first-order valence-electron chi connectivity index (χ1n) is 7.66. The molecule has 0 amide bonds. The Morgan fingerprint density at radius 2 is 1.64 bits per heavy atom. The minimum Gasteiger partial charge on any atom is -0.348 e. The van der Waals surface area contributed by atoms with Gasteiger partial charge in [-0.3, -0.25) is 9.98 Å². The third-order valence-corrected chi connectivity index (χ3v) is 4.64. The van der Waals surface area contributed by atoms with Gasteiger partial charge in [-0.2, -0.15) is 0 Å². The highest BCUT2D eigenvalue weighted by Crippen LogP contribution is 2.26. The molecule has 1 aromatic carbocycles. The van der Waals surface area contributed by atoms with Crippen molar-refractivity contribution in [3.05, 3.63) is 64.0 Å². The fourth-order valence-electron chi connectivity index (χ4n) is 3.27. The fraction of sp³-hybridized carbons (Fsp3) is 0.263. The molecule has 22 heavy (non-hydrogen) atoms. The second-order valence-electron chi connectivity index (χ2n) is 6.12. The minimum atomic E-state index is 0.544. The molecule has 0 saturated carbocycles. The van der Waals surface area contributed by atoms with Gasteiger partial charge in [-0.1, -0.05) is 23.8 Å². The number of hydrogen-bond donors (Lipinski definition) is 0. The Hall–Kier alpha value is -2.42. The number of aryl methyl sites for hydroxylation is 1. The molecular formula is C19H19N3.